The van der Waals surface area contributed by atoms with Gasteiger partial charge in [-0.05, 0) is 24.5 Å². The van der Waals surface area contributed by atoms with Crippen molar-refractivity contribution < 1.29 is 9.72 Å². The predicted molar refractivity (Wildman–Crippen MR) is 105 cm³/mol. The van der Waals surface area contributed by atoms with Crippen LogP contribution in [0.25, 0.3) is 10.2 Å². The van der Waals surface area contributed by atoms with Crippen molar-refractivity contribution in [3.8, 4) is 0 Å². The average Bonchev–Trinajstić information content (AvgIpc) is 2.98. The molecule has 0 atom stereocenters. The van der Waals surface area contributed by atoms with Gasteiger partial charge in [-0.3, -0.25) is 14.9 Å². The Kier molecular flexibility index (Phi) is 5.34. The number of fused-ring (bicyclic) bond motifs is 1. The van der Waals surface area contributed by atoms with Crippen molar-refractivity contribution in [3.63, 3.8) is 0 Å². The van der Waals surface area contributed by atoms with Crippen LogP contribution in [0.15, 0.2) is 65.0 Å². The van der Waals surface area contributed by atoms with E-state index in [0.717, 1.165) is 9.60 Å². The van der Waals surface area contributed by atoms with E-state index in [9.17, 15) is 14.9 Å². The molecular formula is C18H15N3O3S2. The molecule has 2 aromatic carbocycles. The van der Waals surface area contributed by atoms with Crippen LogP contribution in [0, 0.1) is 10.1 Å². The summed E-state index contributed by atoms with van der Waals surface area (Å²) in [6.45, 7) is 4.13. The Morgan fingerprint density at radius 3 is 2.85 bits per heavy atom. The van der Waals surface area contributed by atoms with Crippen LogP contribution < -0.4 is 4.80 Å². The summed E-state index contributed by atoms with van der Waals surface area (Å²) in [4.78, 5) is 28.9. The molecule has 0 saturated carbocycles. The molecule has 0 radical (unpaired) electrons. The number of allylic oxidation sites excluding steroid dienone is 1. The number of non-ortho nitro benzene ring substituents is 1. The van der Waals surface area contributed by atoms with Crippen LogP contribution in [-0.4, -0.2) is 21.7 Å². The summed E-state index contributed by atoms with van der Waals surface area (Å²) in [6, 6.07) is 11.9. The molecule has 3 rings (SSSR count). The third-order valence-electron chi connectivity index (χ3n) is 3.72. The highest BCUT2D eigenvalue weighted by molar-refractivity contribution is 7.98. The average molecular weight is 385 g/mol. The highest BCUT2D eigenvalue weighted by atomic mass is 32.2. The van der Waals surface area contributed by atoms with Gasteiger partial charge in [0, 0.05) is 23.6 Å². The minimum absolute atomic E-state index is 0.00119. The number of carbonyl (C=O) groups excluding carboxylic acids is 1. The van der Waals surface area contributed by atoms with Crippen molar-refractivity contribution in [2.45, 2.75) is 11.4 Å². The summed E-state index contributed by atoms with van der Waals surface area (Å²) in [5.74, 6) is -0.339. The fourth-order valence-corrected chi connectivity index (χ4v) is 4.14. The molecule has 0 saturated heterocycles. The van der Waals surface area contributed by atoms with Gasteiger partial charge in [0.15, 0.2) is 4.80 Å². The topological polar surface area (TPSA) is 77.5 Å². The van der Waals surface area contributed by atoms with Crippen molar-refractivity contribution in [2.75, 3.05) is 6.26 Å². The smallest absolute Gasteiger partial charge is 0.280 e. The van der Waals surface area contributed by atoms with E-state index >= 15 is 0 Å². The van der Waals surface area contributed by atoms with Gasteiger partial charge in [0.25, 0.3) is 11.6 Å². The van der Waals surface area contributed by atoms with E-state index in [1.54, 1.807) is 28.8 Å². The minimum atomic E-state index is -0.438. The molecule has 26 heavy (non-hydrogen) atoms. The third-order valence-corrected chi connectivity index (χ3v) is 5.58. The lowest BCUT2D eigenvalue weighted by Crippen LogP contribution is -2.16. The number of benzene rings is 2. The van der Waals surface area contributed by atoms with Crippen LogP contribution in [0.4, 0.5) is 5.69 Å². The molecule has 0 aliphatic rings. The molecule has 1 heterocycles. The SMILES string of the molecule is C=CCn1c(=NC(=O)c2ccccc2SC)sc2ccc([N+](=O)[O-])cc21. The summed E-state index contributed by atoms with van der Waals surface area (Å²) in [6.07, 6.45) is 3.58. The monoisotopic (exact) mass is 385 g/mol. The molecule has 1 aromatic heterocycles. The van der Waals surface area contributed by atoms with Gasteiger partial charge in [-0.15, -0.1) is 18.3 Å². The Morgan fingerprint density at radius 1 is 1.38 bits per heavy atom. The van der Waals surface area contributed by atoms with E-state index in [2.05, 4.69) is 11.6 Å². The highest BCUT2D eigenvalue weighted by Crippen LogP contribution is 2.24. The van der Waals surface area contributed by atoms with E-state index in [-0.39, 0.29) is 11.6 Å². The molecule has 0 bridgehead atoms. The summed E-state index contributed by atoms with van der Waals surface area (Å²) >= 11 is 2.80. The zero-order chi connectivity index (χ0) is 18.7. The number of rotatable bonds is 5. The second-order valence-electron chi connectivity index (χ2n) is 5.31. The molecule has 6 nitrogen and oxygen atoms in total. The number of nitro groups is 1. The van der Waals surface area contributed by atoms with E-state index in [0.29, 0.717) is 22.4 Å². The van der Waals surface area contributed by atoms with E-state index in [1.165, 1.54) is 35.2 Å². The fraction of sp³-hybridized carbons (Fsp3) is 0.111. The summed E-state index contributed by atoms with van der Waals surface area (Å²) < 4.78 is 2.58. The van der Waals surface area contributed by atoms with Crippen molar-refractivity contribution in [2.24, 2.45) is 4.99 Å². The van der Waals surface area contributed by atoms with Gasteiger partial charge in [-0.25, -0.2) is 0 Å². The van der Waals surface area contributed by atoms with Crippen LogP contribution in [0.5, 0.6) is 0 Å². The van der Waals surface area contributed by atoms with Crippen molar-refractivity contribution in [1.29, 1.82) is 0 Å². The Hall–Kier alpha value is -2.71. The molecule has 0 aliphatic heterocycles. The van der Waals surface area contributed by atoms with Gasteiger partial charge >= 0.3 is 0 Å². The van der Waals surface area contributed by atoms with E-state index < -0.39 is 4.92 Å². The first-order valence-corrected chi connectivity index (χ1v) is 9.70. The second kappa shape index (κ2) is 7.67. The second-order valence-corrected chi connectivity index (χ2v) is 7.17. The van der Waals surface area contributed by atoms with Crippen LogP contribution in [0.2, 0.25) is 0 Å². The van der Waals surface area contributed by atoms with Gasteiger partial charge in [0.2, 0.25) is 0 Å². The van der Waals surface area contributed by atoms with Gasteiger partial charge < -0.3 is 4.57 Å². The zero-order valence-electron chi connectivity index (χ0n) is 13.9. The molecule has 1 amide bonds. The number of nitro benzene ring substituents is 1. The summed E-state index contributed by atoms with van der Waals surface area (Å²) in [5, 5.41) is 11.1. The number of thiazole rings is 1. The number of nitrogens with zero attached hydrogens (tertiary/aromatic N) is 3. The van der Waals surface area contributed by atoms with Gasteiger partial charge in [0.05, 0.1) is 20.7 Å². The van der Waals surface area contributed by atoms with Gasteiger partial charge in [0.1, 0.15) is 0 Å². The highest BCUT2D eigenvalue weighted by Gasteiger charge is 2.14. The van der Waals surface area contributed by atoms with Crippen molar-refractivity contribution in [3.05, 3.63) is 75.6 Å². The Morgan fingerprint density at radius 2 is 2.15 bits per heavy atom. The van der Waals surface area contributed by atoms with E-state index in [1.807, 2.05) is 18.4 Å². The molecule has 0 aliphatic carbocycles. The van der Waals surface area contributed by atoms with Crippen molar-refractivity contribution in [1.82, 2.24) is 4.57 Å². The molecule has 0 N–H and O–H groups in total. The largest absolute Gasteiger partial charge is 0.312 e. The maximum atomic E-state index is 12.7. The first-order valence-electron chi connectivity index (χ1n) is 7.66. The first kappa shape index (κ1) is 18.1. The Bertz CT molecular complexity index is 1080. The van der Waals surface area contributed by atoms with Gasteiger partial charge in [-0.2, -0.15) is 4.99 Å². The molecule has 0 unspecified atom stereocenters. The first-order chi connectivity index (χ1) is 12.5. The lowest BCUT2D eigenvalue weighted by molar-refractivity contribution is -0.384. The maximum absolute atomic E-state index is 12.7. The van der Waals surface area contributed by atoms with Crippen LogP contribution in [0.3, 0.4) is 0 Å². The van der Waals surface area contributed by atoms with Crippen molar-refractivity contribution >= 4 is 44.9 Å². The van der Waals surface area contributed by atoms with Crippen LogP contribution >= 0.6 is 23.1 Å². The zero-order valence-corrected chi connectivity index (χ0v) is 15.5. The summed E-state index contributed by atoms with van der Waals surface area (Å²) in [5.41, 5.74) is 1.20. The van der Waals surface area contributed by atoms with Crippen LogP contribution in [0.1, 0.15) is 10.4 Å². The Labute approximate surface area is 157 Å². The molecule has 132 valence electrons. The molecular weight excluding hydrogens is 370 g/mol. The quantitative estimate of drug-likeness (QED) is 0.285. The molecule has 8 heteroatoms. The number of hydrogen-bond donors (Lipinski definition) is 0. The Balaban J connectivity index is 2.18. The lowest BCUT2D eigenvalue weighted by atomic mass is 10.2. The minimum Gasteiger partial charge on any atom is -0.312 e. The number of thioether (sulfide) groups is 1. The van der Waals surface area contributed by atoms with Gasteiger partial charge in [-0.1, -0.05) is 29.5 Å². The fourth-order valence-electron chi connectivity index (χ4n) is 2.53. The number of amides is 1. The lowest BCUT2D eigenvalue weighted by Gasteiger charge is -2.03. The normalized spacial score (nSPS) is 11.7. The number of aromatic nitrogens is 1. The molecule has 0 spiro atoms. The molecule has 3 aromatic rings. The predicted octanol–water partition coefficient (Wildman–Crippen LogP) is 4.26. The third kappa shape index (κ3) is 3.47. The number of hydrogen-bond acceptors (Lipinski definition) is 5. The van der Waals surface area contributed by atoms with E-state index in [4.69, 9.17) is 0 Å². The standard InChI is InChI=1S/C18H15N3O3S2/c1-3-10-20-14-11-12(21(23)24)8-9-16(14)26-18(20)19-17(22)13-6-4-5-7-15(13)25-2/h3-9,11H,1,10H2,2H3. The number of carbonyl (C=O) groups is 1. The van der Waals surface area contributed by atoms with Crippen LogP contribution in [-0.2, 0) is 6.54 Å². The summed E-state index contributed by atoms with van der Waals surface area (Å²) in [7, 11) is 0. The maximum Gasteiger partial charge on any atom is 0.280 e. The molecule has 0 fully saturated rings.